The van der Waals surface area contributed by atoms with Crippen molar-refractivity contribution in [1.82, 2.24) is 0 Å². The Morgan fingerprint density at radius 3 is 2.65 bits per heavy atom. The number of benzene rings is 2. The predicted molar refractivity (Wildman–Crippen MR) is 85.3 cm³/mol. The van der Waals surface area contributed by atoms with Gasteiger partial charge in [-0.25, -0.2) is 0 Å². The normalized spacial score (nSPS) is 19.3. The van der Waals surface area contributed by atoms with Crippen molar-refractivity contribution >= 4 is 11.6 Å². The number of hydrogen-bond acceptors (Lipinski definition) is 4. The van der Waals surface area contributed by atoms with Crippen LogP contribution in [0.2, 0.25) is 0 Å². The van der Waals surface area contributed by atoms with Crippen LogP contribution in [-0.2, 0) is 4.79 Å². The molecule has 23 heavy (non-hydrogen) atoms. The van der Waals surface area contributed by atoms with E-state index in [1.165, 1.54) is 0 Å². The number of amides is 1. The zero-order valence-electron chi connectivity index (χ0n) is 12.8. The van der Waals surface area contributed by atoms with Crippen LogP contribution in [0.4, 0.5) is 5.69 Å². The molecule has 2 aromatic rings. The molecule has 1 saturated heterocycles. The van der Waals surface area contributed by atoms with Crippen molar-refractivity contribution in [3.63, 3.8) is 0 Å². The minimum atomic E-state index is 0.137. The number of nitrogens with zero attached hydrogens (tertiary/aromatic N) is 1. The number of hydrogen-bond donors (Lipinski definition) is 0. The van der Waals surface area contributed by atoms with Crippen LogP contribution >= 0.6 is 0 Å². The minimum Gasteiger partial charge on any atom is -0.497 e. The Labute approximate surface area is 134 Å². The van der Waals surface area contributed by atoms with Gasteiger partial charge in [-0.15, -0.1) is 0 Å². The fourth-order valence-corrected chi connectivity index (χ4v) is 3.11. The monoisotopic (exact) mass is 311 g/mol. The molecule has 0 N–H and O–H groups in total. The SMILES string of the molecule is COc1ccc(N2C[C@@H](c3ccc4c(c3)OCO4)CC2=O)cc1. The van der Waals surface area contributed by atoms with Gasteiger partial charge in [0.1, 0.15) is 5.75 Å². The zero-order chi connectivity index (χ0) is 15.8. The number of anilines is 1. The van der Waals surface area contributed by atoms with Gasteiger partial charge in [0.25, 0.3) is 0 Å². The van der Waals surface area contributed by atoms with Crippen molar-refractivity contribution in [2.45, 2.75) is 12.3 Å². The topological polar surface area (TPSA) is 48.0 Å². The van der Waals surface area contributed by atoms with Crippen LogP contribution < -0.4 is 19.1 Å². The Morgan fingerprint density at radius 2 is 1.87 bits per heavy atom. The van der Waals surface area contributed by atoms with Crippen molar-refractivity contribution in [1.29, 1.82) is 0 Å². The maximum absolute atomic E-state index is 12.4. The molecule has 0 aliphatic carbocycles. The summed E-state index contributed by atoms with van der Waals surface area (Å²) in [5.41, 5.74) is 2.01. The van der Waals surface area contributed by atoms with Gasteiger partial charge in [0.05, 0.1) is 7.11 Å². The van der Waals surface area contributed by atoms with Crippen molar-refractivity contribution in [3.05, 3.63) is 48.0 Å². The molecule has 2 aliphatic rings. The molecule has 2 aliphatic heterocycles. The first-order valence-corrected chi connectivity index (χ1v) is 7.58. The van der Waals surface area contributed by atoms with E-state index >= 15 is 0 Å². The molecular weight excluding hydrogens is 294 g/mol. The van der Waals surface area contributed by atoms with E-state index < -0.39 is 0 Å². The van der Waals surface area contributed by atoms with E-state index in [0.717, 1.165) is 28.5 Å². The highest BCUT2D eigenvalue weighted by Crippen LogP contribution is 2.38. The van der Waals surface area contributed by atoms with E-state index in [1.54, 1.807) is 7.11 Å². The molecule has 1 amide bonds. The summed E-state index contributed by atoms with van der Waals surface area (Å²) in [6, 6.07) is 13.5. The molecule has 2 aromatic carbocycles. The second-order valence-electron chi connectivity index (χ2n) is 5.72. The second-order valence-corrected chi connectivity index (χ2v) is 5.72. The summed E-state index contributed by atoms with van der Waals surface area (Å²) < 4.78 is 15.9. The molecule has 0 spiro atoms. The standard InChI is InChI=1S/C18H17NO4/c1-21-15-5-3-14(4-6-15)19-10-13(9-18(19)20)12-2-7-16-17(8-12)23-11-22-16/h2-8,13H,9-11H2,1H3/t13-/m0/s1. The predicted octanol–water partition coefficient (Wildman–Crippen LogP) is 2.94. The molecule has 0 aromatic heterocycles. The first kappa shape index (κ1) is 13.9. The van der Waals surface area contributed by atoms with Crippen molar-refractivity contribution in [2.24, 2.45) is 0 Å². The average molecular weight is 311 g/mol. The molecule has 1 fully saturated rings. The molecule has 0 unspecified atom stereocenters. The van der Waals surface area contributed by atoms with Gasteiger partial charge in [-0.1, -0.05) is 6.07 Å². The van der Waals surface area contributed by atoms with Crippen LogP contribution in [0.25, 0.3) is 0 Å². The zero-order valence-corrected chi connectivity index (χ0v) is 12.8. The highest BCUT2D eigenvalue weighted by Gasteiger charge is 2.32. The van der Waals surface area contributed by atoms with Crippen LogP contribution in [0.5, 0.6) is 17.2 Å². The van der Waals surface area contributed by atoms with E-state index in [0.29, 0.717) is 13.0 Å². The van der Waals surface area contributed by atoms with E-state index in [1.807, 2.05) is 47.4 Å². The molecule has 5 nitrogen and oxygen atoms in total. The van der Waals surface area contributed by atoms with Crippen molar-refractivity contribution < 1.29 is 19.0 Å². The number of carbonyl (C=O) groups is 1. The summed E-state index contributed by atoms with van der Waals surface area (Å²) in [7, 11) is 1.63. The molecular formula is C18H17NO4. The first-order valence-electron chi connectivity index (χ1n) is 7.58. The molecule has 0 radical (unpaired) electrons. The molecule has 1 atom stereocenters. The van der Waals surface area contributed by atoms with Gasteiger partial charge in [0.15, 0.2) is 11.5 Å². The third-order valence-corrected chi connectivity index (χ3v) is 4.38. The van der Waals surface area contributed by atoms with Crippen LogP contribution in [0.15, 0.2) is 42.5 Å². The highest BCUT2D eigenvalue weighted by atomic mass is 16.7. The molecule has 0 saturated carbocycles. The molecule has 5 heteroatoms. The number of carbonyl (C=O) groups excluding carboxylic acids is 1. The fourth-order valence-electron chi connectivity index (χ4n) is 3.11. The summed E-state index contributed by atoms with van der Waals surface area (Å²) in [5.74, 6) is 2.62. The molecule has 118 valence electrons. The number of methoxy groups -OCH3 is 1. The van der Waals surface area contributed by atoms with Crippen molar-refractivity contribution in [2.75, 3.05) is 25.3 Å². The first-order chi connectivity index (χ1) is 11.2. The summed E-state index contributed by atoms with van der Waals surface area (Å²) in [5, 5.41) is 0. The number of rotatable bonds is 3. The Balaban J connectivity index is 1.55. The second kappa shape index (κ2) is 5.50. The van der Waals surface area contributed by atoms with E-state index in [-0.39, 0.29) is 18.6 Å². The molecule has 0 bridgehead atoms. The smallest absolute Gasteiger partial charge is 0.231 e. The third-order valence-electron chi connectivity index (χ3n) is 4.38. The highest BCUT2D eigenvalue weighted by molar-refractivity contribution is 5.96. The van der Waals surface area contributed by atoms with Crippen LogP contribution in [-0.4, -0.2) is 26.4 Å². The minimum absolute atomic E-state index is 0.137. The van der Waals surface area contributed by atoms with E-state index in [2.05, 4.69) is 0 Å². The van der Waals surface area contributed by atoms with Gasteiger partial charge in [0.2, 0.25) is 12.7 Å². The fraction of sp³-hybridized carbons (Fsp3) is 0.278. The Kier molecular flexibility index (Phi) is 3.33. The van der Waals surface area contributed by atoms with Crippen LogP contribution in [0.3, 0.4) is 0 Å². The van der Waals surface area contributed by atoms with E-state index in [4.69, 9.17) is 14.2 Å². The Bertz CT molecular complexity index is 741. The van der Waals surface area contributed by atoms with Gasteiger partial charge < -0.3 is 19.1 Å². The lowest BCUT2D eigenvalue weighted by Crippen LogP contribution is -2.24. The lowest BCUT2D eigenvalue weighted by Gasteiger charge is -2.17. The maximum atomic E-state index is 12.4. The van der Waals surface area contributed by atoms with Gasteiger partial charge in [-0.2, -0.15) is 0 Å². The number of fused-ring (bicyclic) bond motifs is 1. The lowest BCUT2D eigenvalue weighted by atomic mass is 9.98. The van der Waals surface area contributed by atoms with Crippen LogP contribution in [0.1, 0.15) is 17.9 Å². The summed E-state index contributed by atoms with van der Waals surface area (Å²) in [6.07, 6.45) is 0.506. The van der Waals surface area contributed by atoms with Gasteiger partial charge in [-0.05, 0) is 42.0 Å². The Morgan fingerprint density at radius 1 is 1.09 bits per heavy atom. The number of ether oxygens (including phenoxy) is 3. The largest absolute Gasteiger partial charge is 0.497 e. The summed E-state index contributed by atoms with van der Waals surface area (Å²) in [6.45, 7) is 0.936. The molecule has 2 heterocycles. The average Bonchev–Trinajstić information content (AvgIpc) is 3.20. The van der Waals surface area contributed by atoms with Crippen molar-refractivity contribution in [3.8, 4) is 17.2 Å². The Hall–Kier alpha value is -2.69. The maximum Gasteiger partial charge on any atom is 0.231 e. The van der Waals surface area contributed by atoms with Gasteiger partial charge in [-0.3, -0.25) is 4.79 Å². The summed E-state index contributed by atoms with van der Waals surface area (Å²) in [4.78, 5) is 14.2. The summed E-state index contributed by atoms with van der Waals surface area (Å²) >= 11 is 0. The quantitative estimate of drug-likeness (QED) is 0.874. The molecule has 4 rings (SSSR count). The van der Waals surface area contributed by atoms with Crippen LogP contribution in [0, 0.1) is 0 Å². The third kappa shape index (κ3) is 2.48. The van der Waals surface area contributed by atoms with Gasteiger partial charge >= 0.3 is 0 Å². The van der Waals surface area contributed by atoms with E-state index in [9.17, 15) is 4.79 Å². The van der Waals surface area contributed by atoms with Gasteiger partial charge in [0, 0.05) is 24.6 Å². The lowest BCUT2D eigenvalue weighted by molar-refractivity contribution is -0.117.